The maximum absolute atomic E-state index is 4.27. The van der Waals surface area contributed by atoms with Crippen LogP contribution in [-0.4, -0.2) is 9.97 Å². The van der Waals surface area contributed by atoms with Crippen LogP contribution >= 0.6 is 15.9 Å². The Bertz CT molecular complexity index is 595. The minimum Gasteiger partial charge on any atom is -0.264 e. The monoisotopic (exact) mass is 328 g/mol. The predicted octanol–water partition coefficient (Wildman–Crippen LogP) is 4.66. The normalized spacial score (nSPS) is 26.1. The summed E-state index contributed by atoms with van der Waals surface area (Å²) in [6, 6.07) is 8.37. The quantitative estimate of drug-likeness (QED) is 0.801. The van der Waals surface area contributed by atoms with Crippen molar-refractivity contribution < 1.29 is 0 Å². The van der Waals surface area contributed by atoms with Gasteiger partial charge in [0, 0.05) is 30.7 Å². The second kappa shape index (κ2) is 5.88. The molecule has 1 aliphatic rings. The maximum Gasteiger partial charge on any atom is 0.0305 e. The second-order valence-electron chi connectivity index (χ2n) is 5.36. The van der Waals surface area contributed by atoms with E-state index in [0.717, 1.165) is 6.42 Å². The molecule has 0 N–H and O–H groups in total. The number of pyridine rings is 2. The minimum absolute atomic E-state index is 0.416. The van der Waals surface area contributed by atoms with E-state index < -0.39 is 0 Å². The Morgan fingerprint density at radius 1 is 1.05 bits per heavy atom. The molecule has 20 heavy (non-hydrogen) atoms. The summed E-state index contributed by atoms with van der Waals surface area (Å²) < 4.78 is 1.28. The van der Waals surface area contributed by atoms with Crippen LogP contribution in [0.4, 0.5) is 0 Å². The summed E-state index contributed by atoms with van der Waals surface area (Å²) in [5.41, 5.74) is 2.60. The largest absolute Gasteiger partial charge is 0.264 e. The Balaban J connectivity index is 1.93. The first-order chi connectivity index (χ1) is 9.75. The number of nitrogens with zero attached hydrogens (tertiary/aromatic N) is 2. The average molecular weight is 329 g/mol. The van der Waals surface area contributed by atoms with E-state index in [0.29, 0.717) is 17.8 Å². The highest BCUT2D eigenvalue weighted by Crippen LogP contribution is 2.45. The van der Waals surface area contributed by atoms with E-state index in [-0.39, 0.29) is 0 Å². The summed E-state index contributed by atoms with van der Waals surface area (Å²) in [4.78, 5) is 8.51. The molecule has 3 unspecified atom stereocenters. The molecule has 102 valence electrons. The molecule has 0 spiro atoms. The van der Waals surface area contributed by atoms with Gasteiger partial charge in [-0.15, -0.1) is 0 Å². The standard InChI is InChI=1S/C17H17BrN2/c1-12-16(14-5-3-7-20-11-14)8-15(9-17(12)18)13-4-2-6-19-10-13/h2-7,9-12,15-16H,8H2,1H3. The molecular formula is C17H17BrN2. The summed E-state index contributed by atoms with van der Waals surface area (Å²) in [6.07, 6.45) is 11.1. The summed E-state index contributed by atoms with van der Waals surface area (Å²) >= 11 is 3.75. The van der Waals surface area contributed by atoms with Gasteiger partial charge in [-0.05, 0) is 46.0 Å². The Hall–Kier alpha value is -1.48. The van der Waals surface area contributed by atoms with Crippen LogP contribution in [0.5, 0.6) is 0 Å². The lowest BCUT2D eigenvalue weighted by Crippen LogP contribution is -2.18. The number of hydrogen-bond acceptors (Lipinski definition) is 2. The number of aromatic nitrogens is 2. The van der Waals surface area contributed by atoms with E-state index in [1.54, 1.807) is 0 Å². The smallest absolute Gasteiger partial charge is 0.0305 e. The molecule has 0 aromatic carbocycles. The van der Waals surface area contributed by atoms with Crippen LogP contribution < -0.4 is 0 Å². The molecule has 0 radical (unpaired) electrons. The molecule has 2 aromatic rings. The topological polar surface area (TPSA) is 25.8 Å². The lowest BCUT2D eigenvalue weighted by molar-refractivity contribution is 0.457. The first kappa shape index (κ1) is 13.5. The third-order valence-electron chi connectivity index (χ3n) is 4.13. The molecule has 3 atom stereocenters. The molecule has 2 heterocycles. The second-order valence-corrected chi connectivity index (χ2v) is 6.28. The van der Waals surface area contributed by atoms with Gasteiger partial charge in [-0.2, -0.15) is 0 Å². The van der Waals surface area contributed by atoms with Crippen molar-refractivity contribution in [2.45, 2.75) is 25.2 Å². The van der Waals surface area contributed by atoms with Gasteiger partial charge in [-0.1, -0.05) is 41.1 Å². The van der Waals surface area contributed by atoms with E-state index >= 15 is 0 Å². The molecule has 2 aromatic heterocycles. The molecule has 0 aliphatic heterocycles. The molecule has 3 rings (SSSR count). The van der Waals surface area contributed by atoms with E-state index in [9.17, 15) is 0 Å². The van der Waals surface area contributed by atoms with Crippen molar-refractivity contribution in [3.8, 4) is 0 Å². The molecule has 0 amide bonds. The number of hydrogen-bond donors (Lipinski definition) is 0. The Morgan fingerprint density at radius 3 is 2.30 bits per heavy atom. The van der Waals surface area contributed by atoms with E-state index in [2.05, 4.69) is 51.0 Å². The predicted molar refractivity (Wildman–Crippen MR) is 84.7 cm³/mol. The number of halogens is 1. The summed E-state index contributed by atoms with van der Waals surface area (Å²) in [7, 11) is 0. The average Bonchev–Trinajstić information content (AvgIpc) is 2.51. The van der Waals surface area contributed by atoms with Gasteiger partial charge in [0.1, 0.15) is 0 Å². The molecule has 3 heteroatoms. The molecule has 0 saturated carbocycles. The fraction of sp³-hybridized carbons (Fsp3) is 0.294. The van der Waals surface area contributed by atoms with Gasteiger partial charge in [-0.25, -0.2) is 0 Å². The van der Waals surface area contributed by atoms with Crippen LogP contribution in [0, 0.1) is 5.92 Å². The first-order valence-corrected chi connectivity index (χ1v) is 7.72. The number of allylic oxidation sites excluding steroid dienone is 2. The summed E-state index contributed by atoms with van der Waals surface area (Å²) in [6.45, 7) is 2.28. The van der Waals surface area contributed by atoms with Gasteiger partial charge in [-0.3, -0.25) is 9.97 Å². The molecule has 2 nitrogen and oxygen atoms in total. The van der Waals surface area contributed by atoms with Gasteiger partial charge >= 0.3 is 0 Å². The first-order valence-electron chi connectivity index (χ1n) is 6.93. The summed E-state index contributed by atoms with van der Waals surface area (Å²) in [5.74, 6) is 1.40. The molecule has 0 saturated heterocycles. The Kier molecular flexibility index (Phi) is 3.97. The van der Waals surface area contributed by atoms with E-state index in [1.807, 2.05) is 36.9 Å². The van der Waals surface area contributed by atoms with E-state index in [1.165, 1.54) is 15.6 Å². The van der Waals surface area contributed by atoms with Crippen molar-refractivity contribution in [3.63, 3.8) is 0 Å². The zero-order valence-electron chi connectivity index (χ0n) is 11.4. The van der Waals surface area contributed by atoms with Gasteiger partial charge in [0.25, 0.3) is 0 Å². The van der Waals surface area contributed by atoms with Crippen LogP contribution in [0.3, 0.4) is 0 Å². The van der Waals surface area contributed by atoms with Crippen molar-refractivity contribution in [2.24, 2.45) is 5.92 Å². The van der Waals surface area contributed by atoms with Crippen molar-refractivity contribution in [3.05, 3.63) is 70.7 Å². The molecule has 0 fully saturated rings. The zero-order chi connectivity index (χ0) is 13.9. The van der Waals surface area contributed by atoms with Crippen molar-refractivity contribution in [1.82, 2.24) is 9.97 Å². The van der Waals surface area contributed by atoms with Gasteiger partial charge < -0.3 is 0 Å². The highest BCUT2D eigenvalue weighted by atomic mass is 79.9. The third-order valence-corrected chi connectivity index (χ3v) is 5.12. The minimum atomic E-state index is 0.416. The third kappa shape index (κ3) is 2.68. The SMILES string of the molecule is CC1C(Br)=CC(c2cccnc2)CC1c1cccnc1. The van der Waals surface area contributed by atoms with Crippen LogP contribution in [0.1, 0.15) is 36.3 Å². The maximum atomic E-state index is 4.27. The highest BCUT2D eigenvalue weighted by molar-refractivity contribution is 9.11. The van der Waals surface area contributed by atoms with Gasteiger partial charge in [0.15, 0.2) is 0 Å². The highest BCUT2D eigenvalue weighted by Gasteiger charge is 2.30. The lowest BCUT2D eigenvalue weighted by Gasteiger charge is -2.32. The van der Waals surface area contributed by atoms with Crippen LogP contribution in [0.25, 0.3) is 0 Å². The van der Waals surface area contributed by atoms with Crippen molar-refractivity contribution in [2.75, 3.05) is 0 Å². The molecular weight excluding hydrogens is 312 g/mol. The molecule has 1 aliphatic carbocycles. The fourth-order valence-electron chi connectivity index (χ4n) is 2.93. The Labute approximate surface area is 128 Å². The van der Waals surface area contributed by atoms with Crippen molar-refractivity contribution in [1.29, 1.82) is 0 Å². The van der Waals surface area contributed by atoms with Crippen LogP contribution in [0.2, 0.25) is 0 Å². The molecule has 0 bridgehead atoms. The fourth-order valence-corrected chi connectivity index (χ4v) is 3.57. The summed E-state index contributed by atoms with van der Waals surface area (Å²) in [5, 5.41) is 0. The van der Waals surface area contributed by atoms with Crippen LogP contribution in [0.15, 0.2) is 59.6 Å². The van der Waals surface area contributed by atoms with Crippen LogP contribution in [-0.2, 0) is 0 Å². The van der Waals surface area contributed by atoms with Crippen molar-refractivity contribution >= 4 is 15.9 Å². The Morgan fingerprint density at radius 2 is 1.70 bits per heavy atom. The van der Waals surface area contributed by atoms with E-state index in [4.69, 9.17) is 0 Å². The van der Waals surface area contributed by atoms with Gasteiger partial charge in [0.2, 0.25) is 0 Å². The number of rotatable bonds is 2. The zero-order valence-corrected chi connectivity index (χ0v) is 13.0. The van der Waals surface area contributed by atoms with Gasteiger partial charge in [0.05, 0.1) is 0 Å². The lowest BCUT2D eigenvalue weighted by atomic mass is 9.75.